The summed E-state index contributed by atoms with van der Waals surface area (Å²) in [5.41, 5.74) is 1.04. The summed E-state index contributed by atoms with van der Waals surface area (Å²) in [6.45, 7) is 2.11. The van der Waals surface area contributed by atoms with Gasteiger partial charge in [0.1, 0.15) is 13.2 Å². The number of hydrogen-bond acceptors (Lipinski definition) is 4. The summed E-state index contributed by atoms with van der Waals surface area (Å²) in [5.74, 6) is 2.46. The Morgan fingerprint density at radius 3 is 2.79 bits per heavy atom. The maximum absolute atomic E-state index is 5.46. The van der Waals surface area contributed by atoms with Gasteiger partial charge in [0.25, 0.3) is 0 Å². The third-order valence-electron chi connectivity index (χ3n) is 1.98. The van der Waals surface area contributed by atoms with Crippen molar-refractivity contribution in [2.75, 3.05) is 30.8 Å². The molecule has 0 saturated heterocycles. The van der Waals surface area contributed by atoms with Crippen LogP contribution in [0.4, 0.5) is 5.69 Å². The zero-order valence-corrected chi connectivity index (χ0v) is 8.72. The molecule has 0 atom stereocenters. The van der Waals surface area contributed by atoms with Crippen molar-refractivity contribution in [2.45, 2.75) is 0 Å². The number of benzene rings is 1. The monoisotopic (exact) mass is 211 g/mol. The number of hydrogen-bond donors (Lipinski definition) is 2. The molecule has 0 amide bonds. The summed E-state index contributed by atoms with van der Waals surface area (Å²) in [6, 6.07) is 5.87. The van der Waals surface area contributed by atoms with Crippen LogP contribution in [0.2, 0.25) is 0 Å². The molecule has 0 aromatic heterocycles. The van der Waals surface area contributed by atoms with E-state index >= 15 is 0 Å². The third kappa shape index (κ3) is 2.07. The SMILES string of the molecule is SCCNc1ccc2c(c1)OCCO2. The minimum absolute atomic E-state index is 0.628. The van der Waals surface area contributed by atoms with E-state index in [9.17, 15) is 0 Å². The first kappa shape index (κ1) is 9.52. The van der Waals surface area contributed by atoms with Crippen molar-refractivity contribution in [3.05, 3.63) is 18.2 Å². The van der Waals surface area contributed by atoms with Crippen LogP contribution in [0, 0.1) is 0 Å². The number of nitrogens with one attached hydrogen (secondary N) is 1. The summed E-state index contributed by atoms with van der Waals surface area (Å²) in [4.78, 5) is 0. The van der Waals surface area contributed by atoms with Crippen molar-refractivity contribution in [3.63, 3.8) is 0 Å². The predicted octanol–water partition coefficient (Wildman–Crippen LogP) is 1.80. The van der Waals surface area contributed by atoms with Gasteiger partial charge >= 0.3 is 0 Å². The molecule has 1 aliphatic rings. The van der Waals surface area contributed by atoms with Crippen molar-refractivity contribution in [1.29, 1.82) is 0 Å². The fourth-order valence-corrected chi connectivity index (χ4v) is 1.47. The second kappa shape index (κ2) is 4.46. The van der Waals surface area contributed by atoms with Crippen molar-refractivity contribution in [3.8, 4) is 11.5 Å². The molecule has 1 N–H and O–H groups in total. The lowest BCUT2D eigenvalue weighted by Crippen LogP contribution is -2.15. The van der Waals surface area contributed by atoms with Gasteiger partial charge in [-0.3, -0.25) is 0 Å². The van der Waals surface area contributed by atoms with Crippen LogP contribution in [0.1, 0.15) is 0 Å². The van der Waals surface area contributed by atoms with Gasteiger partial charge in [-0.2, -0.15) is 12.6 Å². The highest BCUT2D eigenvalue weighted by molar-refractivity contribution is 7.80. The van der Waals surface area contributed by atoms with E-state index in [0.717, 1.165) is 29.5 Å². The Morgan fingerprint density at radius 1 is 1.21 bits per heavy atom. The zero-order chi connectivity index (χ0) is 9.80. The molecule has 14 heavy (non-hydrogen) atoms. The van der Waals surface area contributed by atoms with Crippen LogP contribution >= 0.6 is 12.6 Å². The Balaban J connectivity index is 2.12. The van der Waals surface area contributed by atoms with Gasteiger partial charge in [-0.15, -0.1) is 0 Å². The summed E-state index contributed by atoms with van der Waals surface area (Å²) in [6.07, 6.45) is 0. The summed E-state index contributed by atoms with van der Waals surface area (Å²) >= 11 is 4.13. The average molecular weight is 211 g/mol. The second-order valence-electron chi connectivity index (χ2n) is 3.01. The van der Waals surface area contributed by atoms with Crippen LogP contribution < -0.4 is 14.8 Å². The van der Waals surface area contributed by atoms with E-state index in [-0.39, 0.29) is 0 Å². The fraction of sp³-hybridized carbons (Fsp3) is 0.400. The Bertz CT molecular complexity index is 317. The van der Waals surface area contributed by atoms with Gasteiger partial charge in [-0.1, -0.05) is 0 Å². The molecule has 0 fully saturated rings. The Hall–Kier alpha value is -1.03. The molecule has 3 nitrogen and oxygen atoms in total. The van der Waals surface area contributed by atoms with E-state index in [4.69, 9.17) is 9.47 Å². The first-order valence-corrected chi connectivity index (χ1v) is 5.28. The highest BCUT2D eigenvalue weighted by Gasteiger charge is 2.10. The maximum atomic E-state index is 5.46. The predicted molar refractivity (Wildman–Crippen MR) is 59.8 cm³/mol. The number of anilines is 1. The van der Waals surface area contributed by atoms with Crippen LogP contribution in [-0.2, 0) is 0 Å². The lowest BCUT2D eigenvalue weighted by molar-refractivity contribution is 0.171. The Labute approximate surface area is 88.8 Å². The number of thiol groups is 1. The molecule has 1 aromatic carbocycles. The molecule has 0 saturated carbocycles. The van der Waals surface area contributed by atoms with Gasteiger partial charge in [-0.05, 0) is 12.1 Å². The zero-order valence-electron chi connectivity index (χ0n) is 7.82. The number of rotatable bonds is 3. The lowest BCUT2D eigenvalue weighted by atomic mass is 10.2. The molecule has 4 heteroatoms. The molecule has 0 aliphatic carbocycles. The minimum atomic E-state index is 0.628. The Kier molecular flexibility index (Phi) is 3.03. The van der Waals surface area contributed by atoms with Crippen LogP contribution in [0.15, 0.2) is 18.2 Å². The maximum Gasteiger partial charge on any atom is 0.163 e. The second-order valence-corrected chi connectivity index (χ2v) is 3.46. The van der Waals surface area contributed by atoms with E-state index in [1.807, 2.05) is 18.2 Å². The summed E-state index contributed by atoms with van der Waals surface area (Å²) < 4.78 is 10.9. The molecule has 1 heterocycles. The van der Waals surface area contributed by atoms with Crippen molar-refractivity contribution < 1.29 is 9.47 Å². The number of ether oxygens (including phenoxy) is 2. The molecule has 0 unspecified atom stereocenters. The number of fused-ring (bicyclic) bond motifs is 1. The molecule has 2 rings (SSSR count). The van der Waals surface area contributed by atoms with Crippen LogP contribution in [0.25, 0.3) is 0 Å². The third-order valence-corrected chi connectivity index (χ3v) is 2.21. The van der Waals surface area contributed by atoms with Crippen molar-refractivity contribution in [1.82, 2.24) is 0 Å². The van der Waals surface area contributed by atoms with Gasteiger partial charge in [-0.25, -0.2) is 0 Å². The average Bonchev–Trinajstić information content (AvgIpc) is 2.26. The molecule has 0 radical (unpaired) electrons. The molecule has 0 bridgehead atoms. The molecular formula is C10H13NO2S. The van der Waals surface area contributed by atoms with Crippen LogP contribution in [0.3, 0.4) is 0 Å². The normalized spacial score (nSPS) is 13.8. The first-order valence-electron chi connectivity index (χ1n) is 4.64. The van der Waals surface area contributed by atoms with E-state index in [1.54, 1.807) is 0 Å². The van der Waals surface area contributed by atoms with E-state index in [0.29, 0.717) is 13.2 Å². The van der Waals surface area contributed by atoms with E-state index in [1.165, 1.54) is 0 Å². The molecular weight excluding hydrogens is 198 g/mol. The van der Waals surface area contributed by atoms with Gasteiger partial charge in [0, 0.05) is 24.1 Å². The van der Waals surface area contributed by atoms with Gasteiger partial charge in [0.05, 0.1) is 0 Å². The fourth-order valence-electron chi connectivity index (χ4n) is 1.35. The Morgan fingerprint density at radius 2 is 2.00 bits per heavy atom. The lowest BCUT2D eigenvalue weighted by Gasteiger charge is -2.19. The highest BCUT2D eigenvalue weighted by Crippen LogP contribution is 2.32. The summed E-state index contributed by atoms with van der Waals surface area (Å²) in [5, 5.41) is 3.23. The van der Waals surface area contributed by atoms with E-state index in [2.05, 4.69) is 17.9 Å². The van der Waals surface area contributed by atoms with Gasteiger partial charge in [0.2, 0.25) is 0 Å². The van der Waals surface area contributed by atoms with Crippen LogP contribution in [0.5, 0.6) is 11.5 Å². The first-order chi connectivity index (χ1) is 6.90. The standard InChI is InChI=1S/C10H13NO2S/c14-6-3-11-8-1-2-9-10(7-8)13-5-4-12-9/h1-2,7,11,14H,3-6H2. The minimum Gasteiger partial charge on any atom is -0.486 e. The molecule has 76 valence electrons. The molecule has 1 aromatic rings. The largest absolute Gasteiger partial charge is 0.486 e. The highest BCUT2D eigenvalue weighted by atomic mass is 32.1. The molecule has 0 spiro atoms. The van der Waals surface area contributed by atoms with Crippen molar-refractivity contribution in [2.24, 2.45) is 0 Å². The topological polar surface area (TPSA) is 30.5 Å². The van der Waals surface area contributed by atoms with E-state index < -0.39 is 0 Å². The van der Waals surface area contributed by atoms with Crippen molar-refractivity contribution >= 4 is 18.3 Å². The van der Waals surface area contributed by atoms with Crippen LogP contribution in [-0.4, -0.2) is 25.5 Å². The summed E-state index contributed by atoms with van der Waals surface area (Å²) in [7, 11) is 0. The smallest absolute Gasteiger partial charge is 0.163 e. The van der Waals surface area contributed by atoms with Gasteiger partial charge < -0.3 is 14.8 Å². The molecule has 1 aliphatic heterocycles. The van der Waals surface area contributed by atoms with Gasteiger partial charge in [0.15, 0.2) is 11.5 Å². The quantitative estimate of drug-likeness (QED) is 0.747.